The standard InChI is InChI=1S/C20H15Cl2N3O3/c1-12(26)24-14-7-5-13(6-8-14)20(27)25-23-11-15-9-10-18(28-15)16-3-2-4-17(21)19(16)22/h2-11H,1H3,(H,24,26)(H,25,27). The van der Waals surface area contributed by atoms with E-state index in [2.05, 4.69) is 15.8 Å². The van der Waals surface area contributed by atoms with Crippen LogP contribution < -0.4 is 10.7 Å². The van der Waals surface area contributed by atoms with Crippen LogP contribution in [-0.2, 0) is 4.79 Å². The Balaban J connectivity index is 1.63. The zero-order valence-corrected chi connectivity index (χ0v) is 16.2. The summed E-state index contributed by atoms with van der Waals surface area (Å²) in [5, 5.41) is 7.35. The highest BCUT2D eigenvalue weighted by atomic mass is 35.5. The molecule has 28 heavy (non-hydrogen) atoms. The Bertz CT molecular complexity index is 1040. The molecular formula is C20H15Cl2N3O3. The number of carbonyl (C=O) groups excluding carboxylic acids is 2. The molecule has 0 atom stereocenters. The van der Waals surface area contributed by atoms with E-state index >= 15 is 0 Å². The molecule has 2 N–H and O–H groups in total. The Morgan fingerprint density at radius 1 is 1.04 bits per heavy atom. The van der Waals surface area contributed by atoms with Gasteiger partial charge >= 0.3 is 0 Å². The first-order chi connectivity index (χ1) is 13.4. The molecule has 142 valence electrons. The molecule has 8 heteroatoms. The number of anilines is 1. The van der Waals surface area contributed by atoms with Gasteiger partial charge in [-0.2, -0.15) is 5.10 Å². The summed E-state index contributed by atoms with van der Waals surface area (Å²) < 4.78 is 5.66. The number of halogens is 2. The van der Waals surface area contributed by atoms with Crippen LogP contribution in [0, 0.1) is 0 Å². The van der Waals surface area contributed by atoms with Crippen molar-refractivity contribution < 1.29 is 14.0 Å². The number of nitrogens with one attached hydrogen (secondary N) is 2. The van der Waals surface area contributed by atoms with Gasteiger partial charge in [-0.15, -0.1) is 0 Å². The summed E-state index contributed by atoms with van der Waals surface area (Å²) in [5.41, 5.74) is 4.08. The highest BCUT2D eigenvalue weighted by Crippen LogP contribution is 2.34. The van der Waals surface area contributed by atoms with Gasteiger partial charge in [-0.1, -0.05) is 29.3 Å². The van der Waals surface area contributed by atoms with Gasteiger partial charge in [-0.25, -0.2) is 5.43 Å². The lowest BCUT2D eigenvalue weighted by Gasteiger charge is -2.03. The second kappa shape index (κ2) is 8.73. The SMILES string of the molecule is CC(=O)Nc1ccc(C(=O)NN=Cc2ccc(-c3cccc(Cl)c3Cl)o2)cc1. The van der Waals surface area contributed by atoms with Crippen molar-refractivity contribution in [2.24, 2.45) is 5.10 Å². The van der Waals surface area contributed by atoms with Gasteiger partial charge in [-0.05, 0) is 48.5 Å². The smallest absolute Gasteiger partial charge is 0.271 e. The molecule has 1 aromatic heterocycles. The van der Waals surface area contributed by atoms with Gasteiger partial charge in [0.2, 0.25) is 5.91 Å². The lowest BCUT2D eigenvalue weighted by molar-refractivity contribution is -0.114. The first kappa shape index (κ1) is 19.7. The first-order valence-corrected chi connectivity index (χ1v) is 8.95. The molecule has 0 radical (unpaired) electrons. The molecule has 0 saturated carbocycles. The predicted molar refractivity (Wildman–Crippen MR) is 110 cm³/mol. The number of hydrazone groups is 1. The van der Waals surface area contributed by atoms with Crippen molar-refractivity contribution in [3.8, 4) is 11.3 Å². The van der Waals surface area contributed by atoms with Gasteiger partial charge in [-0.3, -0.25) is 9.59 Å². The molecule has 2 amide bonds. The number of furan rings is 1. The van der Waals surface area contributed by atoms with Gasteiger partial charge in [0.05, 0.1) is 16.3 Å². The lowest BCUT2D eigenvalue weighted by atomic mass is 10.2. The van der Waals surface area contributed by atoms with Crippen LogP contribution in [0.25, 0.3) is 11.3 Å². The molecule has 0 unspecified atom stereocenters. The first-order valence-electron chi connectivity index (χ1n) is 8.19. The maximum absolute atomic E-state index is 12.1. The highest BCUT2D eigenvalue weighted by Gasteiger charge is 2.10. The number of hydrogen-bond acceptors (Lipinski definition) is 4. The molecule has 0 saturated heterocycles. The van der Waals surface area contributed by atoms with Crippen molar-refractivity contribution in [3.63, 3.8) is 0 Å². The Kier molecular flexibility index (Phi) is 6.13. The predicted octanol–water partition coefficient (Wildman–Crippen LogP) is 4.98. The maximum Gasteiger partial charge on any atom is 0.271 e. The molecule has 3 aromatic rings. The molecule has 0 spiro atoms. The van der Waals surface area contributed by atoms with Crippen LogP contribution in [0.1, 0.15) is 23.0 Å². The van der Waals surface area contributed by atoms with Crippen LogP contribution in [0.3, 0.4) is 0 Å². The maximum atomic E-state index is 12.1. The Morgan fingerprint density at radius 3 is 2.50 bits per heavy atom. The third-order valence-electron chi connectivity index (χ3n) is 3.67. The monoisotopic (exact) mass is 415 g/mol. The number of amides is 2. The van der Waals surface area contributed by atoms with Crippen LogP contribution in [0.15, 0.2) is 64.1 Å². The minimum atomic E-state index is -0.393. The molecule has 3 rings (SSSR count). The fraction of sp³-hybridized carbons (Fsp3) is 0.0500. The molecule has 0 aliphatic rings. The summed E-state index contributed by atoms with van der Waals surface area (Å²) in [5.74, 6) is 0.398. The van der Waals surface area contributed by atoms with Crippen molar-refractivity contribution in [2.45, 2.75) is 6.92 Å². The molecule has 0 aliphatic heterocycles. The summed E-state index contributed by atoms with van der Waals surface area (Å²) in [6, 6.07) is 15.1. The normalized spacial score (nSPS) is 10.8. The number of benzene rings is 2. The van der Waals surface area contributed by atoms with Crippen LogP contribution in [0.2, 0.25) is 10.0 Å². The van der Waals surface area contributed by atoms with E-state index in [-0.39, 0.29) is 5.91 Å². The van der Waals surface area contributed by atoms with E-state index in [1.165, 1.54) is 13.1 Å². The van der Waals surface area contributed by atoms with Gasteiger partial charge in [0.1, 0.15) is 11.5 Å². The van der Waals surface area contributed by atoms with E-state index in [9.17, 15) is 9.59 Å². The third kappa shape index (κ3) is 4.79. The Morgan fingerprint density at radius 2 is 1.79 bits per heavy atom. The minimum Gasteiger partial charge on any atom is -0.455 e. The van der Waals surface area contributed by atoms with Crippen LogP contribution in [0.4, 0.5) is 5.69 Å². The zero-order chi connectivity index (χ0) is 20.1. The number of hydrogen-bond donors (Lipinski definition) is 2. The molecule has 6 nitrogen and oxygen atoms in total. The fourth-order valence-corrected chi connectivity index (χ4v) is 2.78. The second-order valence-electron chi connectivity index (χ2n) is 5.76. The summed E-state index contributed by atoms with van der Waals surface area (Å²) in [4.78, 5) is 23.1. The van der Waals surface area contributed by atoms with E-state index in [1.54, 1.807) is 54.6 Å². The zero-order valence-electron chi connectivity index (χ0n) is 14.7. The summed E-state index contributed by atoms with van der Waals surface area (Å²) in [7, 11) is 0. The van der Waals surface area contributed by atoms with E-state index in [4.69, 9.17) is 27.6 Å². The fourth-order valence-electron chi connectivity index (χ4n) is 2.39. The van der Waals surface area contributed by atoms with Crippen molar-refractivity contribution in [2.75, 3.05) is 5.32 Å². The van der Waals surface area contributed by atoms with E-state index < -0.39 is 5.91 Å². The van der Waals surface area contributed by atoms with Gasteiger partial charge in [0, 0.05) is 23.7 Å². The van der Waals surface area contributed by atoms with Crippen molar-refractivity contribution in [1.29, 1.82) is 0 Å². The summed E-state index contributed by atoms with van der Waals surface area (Å²) >= 11 is 12.2. The van der Waals surface area contributed by atoms with E-state index in [0.717, 1.165) is 0 Å². The largest absolute Gasteiger partial charge is 0.455 e. The molecule has 0 fully saturated rings. The second-order valence-corrected chi connectivity index (χ2v) is 6.55. The van der Waals surface area contributed by atoms with Crippen LogP contribution in [0.5, 0.6) is 0 Å². The quantitative estimate of drug-likeness (QED) is 0.455. The summed E-state index contributed by atoms with van der Waals surface area (Å²) in [6.07, 6.45) is 1.38. The van der Waals surface area contributed by atoms with Gasteiger partial charge in [0.15, 0.2) is 0 Å². The molecular weight excluding hydrogens is 401 g/mol. The Labute approximate surface area is 171 Å². The minimum absolute atomic E-state index is 0.182. The topological polar surface area (TPSA) is 83.7 Å². The van der Waals surface area contributed by atoms with Gasteiger partial charge < -0.3 is 9.73 Å². The van der Waals surface area contributed by atoms with E-state index in [0.29, 0.717) is 38.4 Å². The summed E-state index contributed by atoms with van der Waals surface area (Å²) in [6.45, 7) is 1.41. The number of carbonyl (C=O) groups is 2. The number of nitrogens with zero attached hydrogens (tertiary/aromatic N) is 1. The van der Waals surface area contributed by atoms with Crippen molar-refractivity contribution in [1.82, 2.24) is 5.43 Å². The molecule has 1 heterocycles. The lowest BCUT2D eigenvalue weighted by Crippen LogP contribution is -2.17. The van der Waals surface area contributed by atoms with Crippen molar-refractivity contribution in [3.05, 3.63) is 76.0 Å². The van der Waals surface area contributed by atoms with Crippen LogP contribution in [-0.4, -0.2) is 18.0 Å². The number of rotatable bonds is 5. The highest BCUT2D eigenvalue weighted by molar-refractivity contribution is 6.43. The van der Waals surface area contributed by atoms with Gasteiger partial charge in [0.25, 0.3) is 5.91 Å². The molecule has 0 bridgehead atoms. The molecule has 0 aliphatic carbocycles. The Hall–Kier alpha value is -3.09. The van der Waals surface area contributed by atoms with E-state index in [1.807, 2.05) is 0 Å². The van der Waals surface area contributed by atoms with Crippen molar-refractivity contribution >= 4 is 46.9 Å². The van der Waals surface area contributed by atoms with Crippen LogP contribution >= 0.6 is 23.2 Å². The average Bonchev–Trinajstić information content (AvgIpc) is 3.12. The average molecular weight is 416 g/mol. The third-order valence-corrected chi connectivity index (χ3v) is 4.49. The molecule has 2 aromatic carbocycles.